The minimum atomic E-state index is -3.49. The molecular formula is C18H20N4O4S2. The summed E-state index contributed by atoms with van der Waals surface area (Å²) in [6.07, 6.45) is 3.00. The summed E-state index contributed by atoms with van der Waals surface area (Å²) in [5, 5.41) is 4.74. The van der Waals surface area contributed by atoms with Gasteiger partial charge in [0.05, 0.1) is 17.0 Å². The Morgan fingerprint density at radius 1 is 1.14 bits per heavy atom. The quantitative estimate of drug-likeness (QED) is 0.562. The van der Waals surface area contributed by atoms with E-state index in [2.05, 4.69) is 15.0 Å². The van der Waals surface area contributed by atoms with Crippen molar-refractivity contribution in [3.63, 3.8) is 0 Å². The highest BCUT2D eigenvalue weighted by molar-refractivity contribution is 7.98. The van der Waals surface area contributed by atoms with Gasteiger partial charge in [-0.1, -0.05) is 16.9 Å². The van der Waals surface area contributed by atoms with Gasteiger partial charge >= 0.3 is 0 Å². The molecule has 3 aromatic rings. The van der Waals surface area contributed by atoms with E-state index in [4.69, 9.17) is 8.94 Å². The van der Waals surface area contributed by atoms with Crippen molar-refractivity contribution in [3.8, 4) is 11.5 Å². The van der Waals surface area contributed by atoms with Crippen molar-refractivity contribution in [1.82, 2.24) is 19.3 Å². The highest BCUT2D eigenvalue weighted by Crippen LogP contribution is 2.26. The van der Waals surface area contributed by atoms with Crippen molar-refractivity contribution < 1.29 is 17.4 Å². The molecule has 148 valence electrons. The largest absolute Gasteiger partial charge is 0.461 e. The number of hydrogen-bond donors (Lipinski definition) is 0. The van der Waals surface area contributed by atoms with Crippen LogP contribution in [0.3, 0.4) is 0 Å². The number of thioether (sulfide) groups is 1. The van der Waals surface area contributed by atoms with Crippen molar-refractivity contribution in [1.29, 1.82) is 0 Å². The van der Waals surface area contributed by atoms with Crippen LogP contribution in [-0.4, -0.2) is 61.0 Å². The summed E-state index contributed by atoms with van der Waals surface area (Å²) < 4.78 is 37.5. The normalized spacial score (nSPS) is 16.5. The third kappa shape index (κ3) is 4.14. The van der Waals surface area contributed by atoms with Gasteiger partial charge in [-0.2, -0.15) is 4.31 Å². The van der Waals surface area contributed by atoms with Crippen molar-refractivity contribution in [2.24, 2.45) is 0 Å². The molecule has 0 aliphatic carbocycles. The first kappa shape index (κ1) is 19.2. The minimum Gasteiger partial charge on any atom is -0.461 e. The molecule has 0 saturated carbocycles. The Kier molecular flexibility index (Phi) is 5.54. The molecule has 0 aromatic carbocycles. The Labute approximate surface area is 167 Å². The van der Waals surface area contributed by atoms with Crippen LogP contribution in [0.2, 0.25) is 0 Å². The van der Waals surface area contributed by atoms with E-state index in [1.807, 2.05) is 13.1 Å². The molecule has 28 heavy (non-hydrogen) atoms. The molecule has 1 aliphatic heterocycles. The first-order chi connectivity index (χ1) is 13.5. The van der Waals surface area contributed by atoms with Crippen molar-refractivity contribution in [3.05, 3.63) is 48.5 Å². The van der Waals surface area contributed by atoms with Gasteiger partial charge in [0.25, 0.3) is 0 Å². The zero-order chi connectivity index (χ0) is 19.6. The van der Waals surface area contributed by atoms with Crippen LogP contribution in [0.15, 0.2) is 61.7 Å². The SMILES string of the molecule is CN1CCN(S(=O)(=O)c2ccc(SCc3cc(-c4ccco4)on3)nc2)CC1. The van der Waals surface area contributed by atoms with E-state index in [1.54, 1.807) is 30.5 Å². The summed E-state index contributed by atoms with van der Waals surface area (Å²) in [7, 11) is -1.50. The molecular weight excluding hydrogens is 400 g/mol. The summed E-state index contributed by atoms with van der Waals surface area (Å²) in [5.41, 5.74) is 0.757. The molecule has 0 unspecified atom stereocenters. The van der Waals surface area contributed by atoms with E-state index in [0.717, 1.165) is 23.8 Å². The summed E-state index contributed by atoms with van der Waals surface area (Å²) in [4.78, 5) is 6.64. The number of piperazine rings is 1. The molecule has 4 heterocycles. The second kappa shape index (κ2) is 8.08. The molecule has 3 aromatic heterocycles. The molecule has 1 aliphatic rings. The van der Waals surface area contributed by atoms with E-state index in [9.17, 15) is 8.42 Å². The zero-order valence-corrected chi connectivity index (χ0v) is 16.9. The molecule has 1 fully saturated rings. The number of hydrogen-bond acceptors (Lipinski definition) is 8. The molecule has 0 bridgehead atoms. The third-order valence-corrected chi connectivity index (χ3v) is 7.36. The van der Waals surface area contributed by atoms with Gasteiger partial charge in [-0.3, -0.25) is 0 Å². The Morgan fingerprint density at radius 2 is 1.96 bits per heavy atom. The van der Waals surface area contributed by atoms with Crippen LogP contribution < -0.4 is 0 Å². The van der Waals surface area contributed by atoms with Crippen LogP contribution in [0.4, 0.5) is 0 Å². The van der Waals surface area contributed by atoms with Crippen molar-refractivity contribution in [2.45, 2.75) is 15.7 Å². The Hall–Kier alpha value is -2.14. The van der Waals surface area contributed by atoms with E-state index in [0.29, 0.717) is 30.4 Å². The number of furan rings is 1. The summed E-state index contributed by atoms with van der Waals surface area (Å²) >= 11 is 1.46. The van der Waals surface area contributed by atoms with Crippen LogP contribution in [0.5, 0.6) is 0 Å². The lowest BCUT2D eigenvalue weighted by molar-refractivity contribution is 0.222. The lowest BCUT2D eigenvalue weighted by Gasteiger charge is -2.31. The molecule has 0 radical (unpaired) electrons. The highest BCUT2D eigenvalue weighted by atomic mass is 32.2. The number of nitrogens with zero attached hydrogens (tertiary/aromatic N) is 4. The number of likely N-dealkylation sites (N-methyl/N-ethyl adjacent to an activating group) is 1. The summed E-state index contributed by atoms with van der Waals surface area (Å²) in [5.74, 6) is 1.75. The minimum absolute atomic E-state index is 0.225. The van der Waals surface area contributed by atoms with Gasteiger partial charge < -0.3 is 13.8 Å². The maximum atomic E-state index is 12.7. The molecule has 0 spiro atoms. The predicted octanol–water partition coefficient (Wildman–Crippen LogP) is 2.56. The summed E-state index contributed by atoms with van der Waals surface area (Å²) in [6, 6.07) is 8.74. The Bertz CT molecular complexity index is 1010. The molecule has 0 atom stereocenters. The monoisotopic (exact) mass is 420 g/mol. The van der Waals surface area contributed by atoms with Gasteiger partial charge in [-0.05, 0) is 31.3 Å². The van der Waals surface area contributed by atoms with E-state index < -0.39 is 10.0 Å². The average Bonchev–Trinajstić information content (AvgIpc) is 3.39. The molecule has 10 heteroatoms. The fourth-order valence-electron chi connectivity index (χ4n) is 2.84. The first-order valence-corrected chi connectivity index (χ1v) is 11.2. The van der Waals surface area contributed by atoms with Crippen LogP contribution in [-0.2, 0) is 15.8 Å². The second-order valence-electron chi connectivity index (χ2n) is 6.49. The van der Waals surface area contributed by atoms with Crippen molar-refractivity contribution in [2.75, 3.05) is 33.2 Å². The third-order valence-electron chi connectivity index (χ3n) is 4.50. The molecule has 0 amide bonds. The van der Waals surface area contributed by atoms with Crippen molar-refractivity contribution >= 4 is 21.8 Å². The predicted molar refractivity (Wildman–Crippen MR) is 104 cm³/mol. The van der Waals surface area contributed by atoms with Gasteiger partial charge in [0, 0.05) is 44.2 Å². The van der Waals surface area contributed by atoms with E-state index >= 15 is 0 Å². The standard InChI is InChI=1S/C18H20N4O4S2/c1-21-6-8-22(9-7-21)28(23,24)15-4-5-18(19-12-15)27-13-14-11-17(26-20-14)16-3-2-10-25-16/h2-5,10-12H,6-9,13H2,1H3. The average molecular weight is 421 g/mol. The highest BCUT2D eigenvalue weighted by Gasteiger charge is 2.27. The Morgan fingerprint density at radius 3 is 2.64 bits per heavy atom. The Balaban J connectivity index is 1.38. The molecule has 4 rings (SSSR count). The topological polar surface area (TPSA) is 92.7 Å². The lowest BCUT2D eigenvalue weighted by Crippen LogP contribution is -2.47. The van der Waals surface area contributed by atoms with Crippen LogP contribution in [0.1, 0.15) is 5.69 Å². The molecule has 8 nitrogen and oxygen atoms in total. The lowest BCUT2D eigenvalue weighted by atomic mass is 10.3. The zero-order valence-electron chi connectivity index (χ0n) is 15.3. The van der Waals surface area contributed by atoms with Gasteiger partial charge in [-0.15, -0.1) is 0 Å². The molecule has 0 N–H and O–H groups in total. The molecule has 1 saturated heterocycles. The maximum Gasteiger partial charge on any atom is 0.244 e. The van der Waals surface area contributed by atoms with Gasteiger partial charge in [0.15, 0.2) is 5.76 Å². The second-order valence-corrected chi connectivity index (χ2v) is 9.42. The van der Waals surface area contributed by atoms with Gasteiger partial charge in [0.2, 0.25) is 15.8 Å². The number of pyridine rings is 1. The van der Waals surface area contributed by atoms with Gasteiger partial charge in [0.1, 0.15) is 4.90 Å². The maximum absolute atomic E-state index is 12.7. The number of aromatic nitrogens is 2. The van der Waals surface area contributed by atoms with E-state index in [1.165, 1.54) is 22.3 Å². The fraction of sp³-hybridized carbons (Fsp3) is 0.333. The van der Waals surface area contributed by atoms with Crippen LogP contribution >= 0.6 is 11.8 Å². The number of rotatable bonds is 6. The van der Waals surface area contributed by atoms with Crippen LogP contribution in [0, 0.1) is 0 Å². The summed E-state index contributed by atoms with van der Waals surface area (Å²) in [6.45, 7) is 2.47. The smallest absolute Gasteiger partial charge is 0.244 e. The van der Waals surface area contributed by atoms with Crippen LogP contribution in [0.25, 0.3) is 11.5 Å². The van der Waals surface area contributed by atoms with E-state index in [-0.39, 0.29) is 4.90 Å². The van der Waals surface area contributed by atoms with Gasteiger partial charge in [-0.25, -0.2) is 13.4 Å². The first-order valence-electron chi connectivity index (χ1n) is 8.79. The number of sulfonamides is 1. The fourth-order valence-corrected chi connectivity index (χ4v) is 4.94.